The van der Waals surface area contributed by atoms with Crippen LogP contribution in [-0.4, -0.2) is 43.8 Å². The number of benzene rings is 2. The first-order valence-corrected chi connectivity index (χ1v) is 9.99. The van der Waals surface area contributed by atoms with Gasteiger partial charge in [-0.15, -0.1) is 5.10 Å². The number of nitrogens with zero attached hydrogens (tertiary/aromatic N) is 5. The summed E-state index contributed by atoms with van der Waals surface area (Å²) in [6, 6.07) is 20.5. The van der Waals surface area contributed by atoms with Gasteiger partial charge in [0.25, 0.3) is 0 Å². The molecule has 0 saturated heterocycles. The van der Waals surface area contributed by atoms with Crippen LogP contribution in [0.5, 0.6) is 0 Å². The zero-order chi connectivity index (χ0) is 18.6. The molecule has 138 valence electrons. The highest BCUT2D eigenvalue weighted by Gasteiger charge is 2.29. The molecule has 1 aromatic heterocycles. The molecule has 1 aliphatic rings. The lowest BCUT2D eigenvalue weighted by molar-refractivity contribution is -0.128. The highest BCUT2D eigenvalue weighted by atomic mass is 32.2. The number of hydrogen-bond donors (Lipinski definition) is 0. The molecule has 0 aliphatic heterocycles. The number of hydrogen-bond acceptors (Lipinski definition) is 5. The number of rotatable bonds is 7. The fourth-order valence-electron chi connectivity index (χ4n) is 3.11. The second-order valence-corrected chi connectivity index (χ2v) is 7.60. The van der Waals surface area contributed by atoms with Crippen LogP contribution in [0, 0.1) is 0 Å². The van der Waals surface area contributed by atoms with Gasteiger partial charge in [0.15, 0.2) is 0 Å². The molecule has 7 heteroatoms. The molecule has 3 aromatic rings. The van der Waals surface area contributed by atoms with E-state index in [2.05, 4.69) is 39.8 Å². The van der Waals surface area contributed by atoms with Crippen LogP contribution in [0.4, 0.5) is 0 Å². The first-order chi connectivity index (χ1) is 13.2. The van der Waals surface area contributed by atoms with Crippen molar-refractivity contribution in [2.45, 2.75) is 30.1 Å². The Morgan fingerprint density at radius 1 is 1.11 bits per heavy atom. The van der Waals surface area contributed by atoms with Gasteiger partial charge in [0.2, 0.25) is 11.1 Å². The third kappa shape index (κ3) is 4.03. The molecular formula is C20H21N5OS. The summed E-state index contributed by atoms with van der Waals surface area (Å²) in [6.45, 7) is 0. The molecule has 0 atom stereocenters. The van der Waals surface area contributed by atoms with Crippen molar-refractivity contribution in [1.29, 1.82) is 0 Å². The van der Waals surface area contributed by atoms with E-state index in [-0.39, 0.29) is 11.9 Å². The molecule has 1 aliphatic carbocycles. The van der Waals surface area contributed by atoms with Crippen molar-refractivity contribution < 1.29 is 4.79 Å². The Kier molecular flexibility index (Phi) is 5.20. The maximum atomic E-state index is 13.0. The van der Waals surface area contributed by atoms with Gasteiger partial charge in [-0.3, -0.25) is 4.79 Å². The zero-order valence-corrected chi connectivity index (χ0v) is 15.9. The Morgan fingerprint density at radius 3 is 2.26 bits per heavy atom. The molecule has 2 aromatic carbocycles. The molecule has 0 unspecified atom stereocenters. The molecule has 0 radical (unpaired) electrons. The van der Waals surface area contributed by atoms with Gasteiger partial charge in [-0.2, -0.15) is 0 Å². The number of carbonyl (C=O) groups is 1. The third-order valence-corrected chi connectivity index (χ3v) is 5.61. The molecular weight excluding hydrogens is 358 g/mol. The first-order valence-electron chi connectivity index (χ1n) is 9.00. The SMILES string of the molecule is CN(C(=O)CSc1nnnn1C1CC1)C(c1ccccc1)c1ccccc1. The average Bonchev–Trinajstić information content (AvgIpc) is 3.45. The molecule has 4 rings (SSSR count). The van der Waals surface area contributed by atoms with Crippen molar-refractivity contribution in [1.82, 2.24) is 25.1 Å². The van der Waals surface area contributed by atoms with E-state index in [1.165, 1.54) is 11.8 Å². The molecule has 6 nitrogen and oxygen atoms in total. The number of carbonyl (C=O) groups excluding carboxylic acids is 1. The number of tetrazole rings is 1. The van der Waals surface area contributed by atoms with Crippen LogP contribution >= 0.6 is 11.8 Å². The summed E-state index contributed by atoms with van der Waals surface area (Å²) in [4.78, 5) is 14.8. The van der Waals surface area contributed by atoms with Gasteiger partial charge in [-0.25, -0.2) is 4.68 Å². The van der Waals surface area contributed by atoms with E-state index in [1.54, 1.807) is 0 Å². The molecule has 0 spiro atoms. The smallest absolute Gasteiger partial charge is 0.233 e. The van der Waals surface area contributed by atoms with Crippen LogP contribution in [0.15, 0.2) is 65.8 Å². The highest BCUT2D eigenvalue weighted by Crippen LogP contribution is 2.36. The second-order valence-electron chi connectivity index (χ2n) is 6.65. The largest absolute Gasteiger partial charge is 0.334 e. The fourth-order valence-corrected chi connectivity index (χ4v) is 3.98. The summed E-state index contributed by atoms with van der Waals surface area (Å²) >= 11 is 1.40. The summed E-state index contributed by atoms with van der Waals surface area (Å²) < 4.78 is 1.84. The summed E-state index contributed by atoms with van der Waals surface area (Å²) in [5.41, 5.74) is 2.18. The van der Waals surface area contributed by atoms with Gasteiger partial charge >= 0.3 is 0 Å². The van der Waals surface area contributed by atoms with E-state index in [9.17, 15) is 4.79 Å². The van der Waals surface area contributed by atoms with Gasteiger partial charge in [0.1, 0.15) is 0 Å². The maximum absolute atomic E-state index is 13.0. The lowest BCUT2D eigenvalue weighted by atomic mass is 9.97. The van der Waals surface area contributed by atoms with Crippen molar-refractivity contribution in [2.24, 2.45) is 0 Å². The van der Waals surface area contributed by atoms with Gasteiger partial charge in [0.05, 0.1) is 17.8 Å². The van der Waals surface area contributed by atoms with Crippen molar-refractivity contribution in [3.63, 3.8) is 0 Å². The predicted octanol–water partition coefficient (Wildman–Crippen LogP) is 3.35. The Morgan fingerprint density at radius 2 is 1.70 bits per heavy atom. The van der Waals surface area contributed by atoms with E-state index >= 15 is 0 Å². The molecule has 1 saturated carbocycles. The van der Waals surface area contributed by atoms with E-state index < -0.39 is 0 Å². The second kappa shape index (κ2) is 7.92. The summed E-state index contributed by atoms with van der Waals surface area (Å²) in [6.07, 6.45) is 2.22. The Labute approximate surface area is 162 Å². The molecule has 0 N–H and O–H groups in total. The number of aromatic nitrogens is 4. The monoisotopic (exact) mass is 379 g/mol. The predicted molar refractivity (Wildman–Crippen MR) is 104 cm³/mol. The lowest BCUT2D eigenvalue weighted by Gasteiger charge is -2.29. The van der Waals surface area contributed by atoms with Crippen LogP contribution in [0.1, 0.15) is 36.1 Å². The summed E-state index contributed by atoms with van der Waals surface area (Å²) in [5.74, 6) is 0.350. The maximum Gasteiger partial charge on any atom is 0.233 e. The van der Waals surface area contributed by atoms with Crippen LogP contribution in [0.3, 0.4) is 0 Å². The summed E-state index contributed by atoms with van der Waals surface area (Å²) in [7, 11) is 1.86. The van der Waals surface area contributed by atoms with E-state index in [1.807, 2.05) is 53.0 Å². The van der Waals surface area contributed by atoms with Crippen molar-refractivity contribution in [3.05, 3.63) is 71.8 Å². The molecule has 1 amide bonds. The fraction of sp³-hybridized carbons (Fsp3) is 0.300. The number of amides is 1. The summed E-state index contributed by atoms with van der Waals surface area (Å²) in [5, 5.41) is 12.6. The van der Waals surface area contributed by atoms with Crippen molar-refractivity contribution in [3.8, 4) is 0 Å². The quantitative estimate of drug-likeness (QED) is 0.589. The van der Waals surface area contributed by atoms with Crippen LogP contribution in [0.25, 0.3) is 0 Å². The minimum Gasteiger partial charge on any atom is -0.334 e. The zero-order valence-electron chi connectivity index (χ0n) is 15.1. The Hall–Kier alpha value is -2.67. The highest BCUT2D eigenvalue weighted by molar-refractivity contribution is 7.99. The van der Waals surface area contributed by atoms with Crippen LogP contribution in [-0.2, 0) is 4.79 Å². The first kappa shape index (κ1) is 17.7. The normalized spacial score (nSPS) is 13.7. The van der Waals surface area contributed by atoms with Gasteiger partial charge in [-0.05, 0) is 34.4 Å². The molecule has 1 heterocycles. The molecule has 1 fully saturated rings. The van der Waals surface area contributed by atoms with E-state index in [0.29, 0.717) is 11.8 Å². The topological polar surface area (TPSA) is 63.9 Å². The standard InChI is InChI=1S/C20H21N5OS/c1-24(18(26)14-27-20-21-22-23-25(20)17-12-13-17)19(15-8-4-2-5-9-15)16-10-6-3-7-11-16/h2-11,17,19H,12-14H2,1H3. The minimum atomic E-state index is -0.125. The van der Waals surface area contributed by atoms with Gasteiger partial charge < -0.3 is 4.90 Å². The lowest BCUT2D eigenvalue weighted by Crippen LogP contribution is -2.33. The van der Waals surface area contributed by atoms with Crippen molar-refractivity contribution >= 4 is 17.7 Å². The van der Waals surface area contributed by atoms with E-state index in [0.717, 1.165) is 29.1 Å². The van der Waals surface area contributed by atoms with Crippen LogP contribution < -0.4 is 0 Å². The van der Waals surface area contributed by atoms with E-state index in [4.69, 9.17) is 0 Å². The Balaban J connectivity index is 1.51. The third-order valence-electron chi connectivity index (χ3n) is 4.69. The van der Waals surface area contributed by atoms with Crippen LogP contribution in [0.2, 0.25) is 0 Å². The minimum absolute atomic E-state index is 0.0445. The molecule has 0 bridgehead atoms. The van der Waals surface area contributed by atoms with Crippen molar-refractivity contribution in [2.75, 3.05) is 12.8 Å². The number of thioether (sulfide) groups is 1. The average molecular weight is 379 g/mol. The molecule has 27 heavy (non-hydrogen) atoms. The Bertz CT molecular complexity index is 856. The van der Waals surface area contributed by atoms with Gasteiger partial charge in [0, 0.05) is 7.05 Å². The van der Waals surface area contributed by atoms with Gasteiger partial charge in [-0.1, -0.05) is 72.4 Å².